The molecule has 3 rings (SSSR count). The lowest BCUT2D eigenvalue weighted by molar-refractivity contribution is 0.0699. The second-order valence-corrected chi connectivity index (χ2v) is 6.60. The third kappa shape index (κ3) is 4.61. The SMILES string of the molecule is Cc1cccc(C#CC=C2CCN(C(=O)OCC3CCC3)CC2)n1. The zero-order valence-corrected chi connectivity index (χ0v) is 14.3. The maximum atomic E-state index is 12.0. The minimum atomic E-state index is -0.156. The summed E-state index contributed by atoms with van der Waals surface area (Å²) >= 11 is 0. The predicted molar refractivity (Wildman–Crippen MR) is 93.4 cm³/mol. The van der Waals surface area contributed by atoms with E-state index in [2.05, 4.69) is 16.8 Å². The number of rotatable bonds is 2. The number of amides is 1. The summed E-state index contributed by atoms with van der Waals surface area (Å²) in [5.74, 6) is 6.76. The molecule has 0 atom stereocenters. The van der Waals surface area contributed by atoms with Gasteiger partial charge in [0.2, 0.25) is 0 Å². The molecule has 1 saturated carbocycles. The van der Waals surface area contributed by atoms with Crippen molar-refractivity contribution in [1.29, 1.82) is 0 Å². The maximum absolute atomic E-state index is 12.0. The lowest BCUT2D eigenvalue weighted by Crippen LogP contribution is -2.37. The van der Waals surface area contributed by atoms with Crippen molar-refractivity contribution in [1.82, 2.24) is 9.88 Å². The molecule has 0 radical (unpaired) electrons. The van der Waals surface area contributed by atoms with Gasteiger partial charge in [-0.25, -0.2) is 9.78 Å². The van der Waals surface area contributed by atoms with E-state index < -0.39 is 0 Å². The van der Waals surface area contributed by atoms with Crippen molar-refractivity contribution in [3.8, 4) is 11.8 Å². The van der Waals surface area contributed by atoms with E-state index in [4.69, 9.17) is 4.74 Å². The molecule has 1 aromatic heterocycles. The summed E-state index contributed by atoms with van der Waals surface area (Å²) in [4.78, 5) is 18.2. The Hall–Kier alpha value is -2.28. The van der Waals surface area contributed by atoms with E-state index >= 15 is 0 Å². The van der Waals surface area contributed by atoms with Gasteiger partial charge >= 0.3 is 6.09 Å². The smallest absolute Gasteiger partial charge is 0.409 e. The number of piperidine rings is 1. The third-order valence-electron chi connectivity index (χ3n) is 4.70. The quantitative estimate of drug-likeness (QED) is 0.779. The van der Waals surface area contributed by atoms with Crippen molar-refractivity contribution >= 4 is 6.09 Å². The number of nitrogens with zero attached hydrogens (tertiary/aromatic N) is 2. The molecule has 0 N–H and O–H groups in total. The van der Waals surface area contributed by atoms with Crippen molar-refractivity contribution < 1.29 is 9.53 Å². The zero-order valence-electron chi connectivity index (χ0n) is 14.3. The van der Waals surface area contributed by atoms with Gasteiger partial charge < -0.3 is 9.64 Å². The number of hydrogen-bond acceptors (Lipinski definition) is 3. The number of aryl methyl sites for hydroxylation is 1. The van der Waals surface area contributed by atoms with Gasteiger partial charge in [-0.3, -0.25) is 0 Å². The number of pyridine rings is 1. The molecular weight excluding hydrogens is 300 g/mol. The minimum Gasteiger partial charge on any atom is -0.449 e. The highest BCUT2D eigenvalue weighted by Gasteiger charge is 2.23. The van der Waals surface area contributed by atoms with Gasteiger partial charge in [0.1, 0.15) is 5.69 Å². The van der Waals surface area contributed by atoms with Crippen LogP contribution >= 0.6 is 0 Å². The highest BCUT2D eigenvalue weighted by Crippen LogP contribution is 2.26. The van der Waals surface area contributed by atoms with Crippen LogP contribution in [0.4, 0.5) is 4.79 Å². The van der Waals surface area contributed by atoms with Gasteiger partial charge in [0.05, 0.1) is 6.61 Å². The molecule has 0 spiro atoms. The molecule has 126 valence electrons. The summed E-state index contributed by atoms with van der Waals surface area (Å²) in [6, 6.07) is 5.84. The number of hydrogen-bond donors (Lipinski definition) is 0. The molecule has 2 aliphatic rings. The largest absolute Gasteiger partial charge is 0.449 e. The Labute approximate surface area is 143 Å². The van der Waals surface area contributed by atoms with Crippen LogP contribution in [-0.4, -0.2) is 35.7 Å². The highest BCUT2D eigenvalue weighted by atomic mass is 16.6. The Kier molecular flexibility index (Phi) is 5.53. The first-order chi connectivity index (χ1) is 11.7. The van der Waals surface area contributed by atoms with Gasteiger partial charge in [0, 0.05) is 18.8 Å². The topological polar surface area (TPSA) is 42.4 Å². The third-order valence-corrected chi connectivity index (χ3v) is 4.70. The molecule has 24 heavy (non-hydrogen) atoms. The molecule has 1 aliphatic carbocycles. The van der Waals surface area contributed by atoms with E-state index in [9.17, 15) is 4.79 Å². The van der Waals surface area contributed by atoms with Gasteiger partial charge in [-0.15, -0.1) is 0 Å². The van der Waals surface area contributed by atoms with Crippen LogP contribution in [0.25, 0.3) is 0 Å². The first-order valence-corrected chi connectivity index (χ1v) is 8.75. The van der Waals surface area contributed by atoms with E-state index in [0.29, 0.717) is 12.5 Å². The van der Waals surface area contributed by atoms with Crippen molar-refractivity contribution in [2.45, 2.75) is 39.0 Å². The minimum absolute atomic E-state index is 0.156. The van der Waals surface area contributed by atoms with E-state index in [1.807, 2.05) is 36.1 Å². The summed E-state index contributed by atoms with van der Waals surface area (Å²) in [6.07, 6.45) is 7.24. The number of aromatic nitrogens is 1. The summed E-state index contributed by atoms with van der Waals surface area (Å²) < 4.78 is 5.40. The van der Waals surface area contributed by atoms with Crippen molar-refractivity contribution in [3.05, 3.63) is 41.2 Å². The lowest BCUT2D eigenvalue weighted by Gasteiger charge is -2.30. The molecule has 0 unspecified atom stereocenters. The van der Waals surface area contributed by atoms with Crippen LogP contribution in [0, 0.1) is 24.7 Å². The molecule has 1 amide bonds. The average Bonchev–Trinajstić information content (AvgIpc) is 2.54. The summed E-state index contributed by atoms with van der Waals surface area (Å²) in [6.45, 7) is 4.00. The fourth-order valence-electron chi connectivity index (χ4n) is 2.89. The second kappa shape index (κ2) is 8.01. The van der Waals surface area contributed by atoms with Gasteiger partial charge in [-0.2, -0.15) is 0 Å². The Morgan fingerprint density at radius 3 is 2.83 bits per heavy atom. The number of ether oxygens (including phenoxy) is 1. The van der Waals surface area contributed by atoms with Gasteiger partial charge in [-0.1, -0.05) is 24.0 Å². The summed E-state index contributed by atoms with van der Waals surface area (Å²) in [5.41, 5.74) is 3.06. The monoisotopic (exact) mass is 324 g/mol. The van der Waals surface area contributed by atoms with E-state index in [1.54, 1.807) is 0 Å². The highest BCUT2D eigenvalue weighted by molar-refractivity contribution is 5.67. The second-order valence-electron chi connectivity index (χ2n) is 6.60. The number of carbonyl (C=O) groups excluding carboxylic acids is 1. The van der Waals surface area contributed by atoms with Crippen molar-refractivity contribution in [3.63, 3.8) is 0 Å². The molecule has 0 aromatic carbocycles. The molecule has 0 bridgehead atoms. The molecule has 1 aliphatic heterocycles. The van der Waals surface area contributed by atoms with Crippen molar-refractivity contribution in [2.24, 2.45) is 5.92 Å². The number of likely N-dealkylation sites (tertiary alicyclic amines) is 1. The normalized spacial score (nSPS) is 17.5. The number of carbonyl (C=O) groups is 1. The average molecular weight is 324 g/mol. The van der Waals surface area contributed by atoms with Crippen molar-refractivity contribution in [2.75, 3.05) is 19.7 Å². The first kappa shape index (κ1) is 16.6. The van der Waals surface area contributed by atoms with Crippen LogP contribution in [0.2, 0.25) is 0 Å². The van der Waals surface area contributed by atoms with Gasteiger partial charge in [0.25, 0.3) is 0 Å². The Morgan fingerprint density at radius 2 is 2.17 bits per heavy atom. The Bertz CT molecular complexity index is 670. The standard InChI is InChI=1S/C20H24N2O2/c1-16-5-2-9-19(21-16)10-4-6-17-11-13-22(14-12-17)20(23)24-15-18-7-3-8-18/h2,5-6,9,18H,3,7-8,11-15H2,1H3. The van der Waals surface area contributed by atoms with E-state index in [1.165, 1.54) is 24.8 Å². The molecule has 4 nitrogen and oxygen atoms in total. The van der Waals surface area contributed by atoms with Crippen LogP contribution in [0.1, 0.15) is 43.5 Å². The lowest BCUT2D eigenvalue weighted by atomic mass is 9.86. The molecule has 4 heteroatoms. The van der Waals surface area contributed by atoms with Gasteiger partial charge in [0.15, 0.2) is 0 Å². The van der Waals surface area contributed by atoms with E-state index in [-0.39, 0.29) is 6.09 Å². The molecular formula is C20H24N2O2. The summed E-state index contributed by atoms with van der Waals surface area (Å²) in [7, 11) is 0. The fourth-order valence-corrected chi connectivity index (χ4v) is 2.89. The predicted octanol–water partition coefficient (Wildman–Crippen LogP) is 3.70. The maximum Gasteiger partial charge on any atom is 0.409 e. The van der Waals surface area contributed by atoms with Crippen LogP contribution in [0.15, 0.2) is 29.8 Å². The molecule has 2 heterocycles. The van der Waals surface area contributed by atoms with Crippen LogP contribution < -0.4 is 0 Å². The van der Waals surface area contributed by atoms with Crippen LogP contribution in [0.3, 0.4) is 0 Å². The zero-order chi connectivity index (χ0) is 16.8. The molecule has 1 saturated heterocycles. The molecule has 2 fully saturated rings. The summed E-state index contributed by atoms with van der Waals surface area (Å²) in [5, 5.41) is 0. The van der Waals surface area contributed by atoms with Gasteiger partial charge in [-0.05, 0) is 62.7 Å². The first-order valence-electron chi connectivity index (χ1n) is 8.75. The number of allylic oxidation sites excluding steroid dienone is 1. The van der Waals surface area contributed by atoms with E-state index in [0.717, 1.165) is 37.3 Å². The Morgan fingerprint density at radius 1 is 1.38 bits per heavy atom. The van der Waals surface area contributed by atoms with Crippen LogP contribution in [-0.2, 0) is 4.74 Å². The Balaban J connectivity index is 1.45. The fraction of sp³-hybridized carbons (Fsp3) is 0.500. The van der Waals surface area contributed by atoms with Crippen LogP contribution in [0.5, 0.6) is 0 Å². The molecule has 1 aromatic rings.